The Hall–Kier alpha value is -1.75. The zero-order chi connectivity index (χ0) is 15.0. The van der Waals surface area contributed by atoms with Crippen LogP contribution in [0.2, 0.25) is 0 Å². The van der Waals surface area contributed by atoms with E-state index in [1.165, 1.54) is 0 Å². The van der Waals surface area contributed by atoms with Gasteiger partial charge in [0.2, 0.25) is 0 Å². The van der Waals surface area contributed by atoms with Crippen molar-refractivity contribution >= 4 is 5.97 Å². The third-order valence-electron chi connectivity index (χ3n) is 2.78. The second kappa shape index (κ2) is 8.43. The number of rotatable bonds is 8. The molecule has 5 heteroatoms. The second-order valence-electron chi connectivity index (χ2n) is 4.27. The van der Waals surface area contributed by atoms with Gasteiger partial charge in [-0.3, -0.25) is 4.79 Å². The zero-order valence-corrected chi connectivity index (χ0v) is 12.6. The molecule has 1 N–H and O–H groups in total. The van der Waals surface area contributed by atoms with E-state index in [9.17, 15) is 4.79 Å². The van der Waals surface area contributed by atoms with Gasteiger partial charge in [-0.05, 0) is 38.5 Å². The number of esters is 1. The molecule has 20 heavy (non-hydrogen) atoms. The van der Waals surface area contributed by atoms with Crippen molar-refractivity contribution in [3.05, 3.63) is 23.8 Å². The van der Waals surface area contributed by atoms with E-state index in [-0.39, 0.29) is 12.0 Å². The van der Waals surface area contributed by atoms with Crippen LogP contribution in [-0.4, -0.2) is 32.3 Å². The van der Waals surface area contributed by atoms with Crippen molar-refractivity contribution in [2.24, 2.45) is 0 Å². The normalized spacial score (nSPS) is 11.8. The molecule has 0 aliphatic heterocycles. The first-order valence-electron chi connectivity index (χ1n) is 6.82. The van der Waals surface area contributed by atoms with Crippen LogP contribution in [0.4, 0.5) is 0 Å². The van der Waals surface area contributed by atoms with E-state index in [1.807, 2.05) is 25.1 Å². The van der Waals surface area contributed by atoms with Gasteiger partial charge in [0.25, 0.3) is 0 Å². The Labute approximate surface area is 120 Å². The molecule has 1 rings (SSSR count). The maximum absolute atomic E-state index is 11.5. The minimum Gasteiger partial charge on any atom is -0.493 e. The van der Waals surface area contributed by atoms with E-state index >= 15 is 0 Å². The van der Waals surface area contributed by atoms with Crippen LogP contribution in [0.1, 0.15) is 26.3 Å². The molecule has 0 amide bonds. The number of carbonyl (C=O) groups is 1. The Morgan fingerprint density at radius 1 is 1.25 bits per heavy atom. The quantitative estimate of drug-likeness (QED) is 0.740. The largest absolute Gasteiger partial charge is 0.493 e. The van der Waals surface area contributed by atoms with Crippen LogP contribution in [0, 0.1) is 0 Å². The summed E-state index contributed by atoms with van der Waals surface area (Å²) in [7, 11) is 1.61. The van der Waals surface area contributed by atoms with Crippen molar-refractivity contribution < 1.29 is 19.0 Å². The molecule has 1 atom stereocenters. The summed E-state index contributed by atoms with van der Waals surface area (Å²) < 4.78 is 15.7. The van der Waals surface area contributed by atoms with Crippen molar-refractivity contribution in [1.29, 1.82) is 0 Å². The fraction of sp³-hybridized carbons (Fsp3) is 0.533. The Morgan fingerprint density at radius 2 is 2.00 bits per heavy atom. The summed E-state index contributed by atoms with van der Waals surface area (Å²) in [6.07, 6.45) is 0. The highest BCUT2D eigenvalue weighted by molar-refractivity contribution is 5.75. The molecule has 0 aromatic heterocycles. The average Bonchev–Trinajstić information content (AvgIpc) is 2.45. The van der Waals surface area contributed by atoms with Gasteiger partial charge in [-0.2, -0.15) is 0 Å². The van der Waals surface area contributed by atoms with Crippen molar-refractivity contribution in [3.8, 4) is 11.5 Å². The molecule has 0 fully saturated rings. The smallest absolute Gasteiger partial charge is 0.322 e. The van der Waals surface area contributed by atoms with Crippen LogP contribution < -0.4 is 14.8 Å². The highest BCUT2D eigenvalue weighted by Crippen LogP contribution is 2.27. The van der Waals surface area contributed by atoms with Crippen molar-refractivity contribution in [3.63, 3.8) is 0 Å². The SMILES string of the molecule is CCOC(=O)C(C)NCc1ccc(OC)c(OCC)c1. The molecule has 0 aliphatic rings. The molecule has 112 valence electrons. The second-order valence-corrected chi connectivity index (χ2v) is 4.27. The van der Waals surface area contributed by atoms with E-state index in [0.29, 0.717) is 31.3 Å². The fourth-order valence-electron chi connectivity index (χ4n) is 1.72. The minimum absolute atomic E-state index is 0.244. The average molecular weight is 281 g/mol. The maximum atomic E-state index is 11.5. The lowest BCUT2D eigenvalue weighted by molar-refractivity contribution is -0.145. The van der Waals surface area contributed by atoms with Crippen molar-refractivity contribution in [2.75, 3.05) is 20.3 Å². The highest BCUT2D eigenvalue weighted by atomic mass is 16.5. The first-order chi connectivity index (χ1) is 9.62. The van der Waals surface area contributed by atoms with Crippen LogP contribution in [0.5, 0.6) is 11.5 Å². The number of ether oxygens (including phenoxy) is 3. The summed E-state index contributed by atoms with van der Waals surface area (Å²) in [5.74, 6) is 1.16. The minimum atomic E-state index is -0.340. The van der Waals surface area contributed by atoms with Gasteiger partial charge in [0.1, 0.15) is 6.04 Å². The van der Waals surface area contributed by atoms with Crippen LogP contribution in [0.15, 0.2) is 18.2 Å². The van der Waals surface area contributed by atoms with E-state index in [1.54, 1.807) is 21.0 Å². The summed E-state index contributed by atoms with van der Waals surface area (Å²) in [6, 6.07) is 5.36. The molecule has 0 radical (unpaired) electrons. The Kier molecular flexibility index (Phi) is 6.87. The lowest BCUT2D eigenvalue weighted by Crippen LogP contribution is -2.34. The van der Waals surface area contributed by atoms with Crippen molar-refractivity contribution in [2.45, 2.75) is 33.4 Å². The van der Waals surface area contributed by atoms with E-state index < -0.39 is 0 Å². The van der Waals surface area contributed by atoms with Gasteiger partial charge in [-0.1, -0.05) is 6.07 Å². The number of carbonyl (C=O) groups excluding carboxylic acids is 1. The van der Waals surface area contributed by atoms with Gasteiger partial charge in [-0.25, -0.2) is 0 Å². The molecule has 0 heterocycles. The van der Waals surface area contributed by atoms with E-state index in [0.717, 1.165) is 5.56 Å². The van der Waals surface area contributed by atoms with Gasteiger partial charge in [0, 0.05) is 6.54 Å². The van der Waals surface area contributed by atoms with Gasteiger partial charge in [0.15, 0.2) is 11.5 Å². The number of benzene rings is 1. The van der Waals surface area contributed by atoms with Crippen LogP contribution in [0.3, 0.4) is 0 Å². The van der Waals surface area contributed by atoms with Gasteiger partial charge >= 0.3 is 5.97 Å². The van der Waals surface area contributed by atoms with Crippen LogP contribution in [-0.2, 0) is 16.1 Å². The van der Waals surface area contributed by atoms with Crippen LogP contribution in [0.25, 0.3) is 0 Å². The number of hydrogen-bond donors (Lipinski definition) is 1. The molecule has 0 spiro atoms. The summed E-state index contributed by atoms with van der Waals surface area (Å²) >= 11 is 0. The summed E-state index contributed by atoms with van der Waals surface area (Å²) in [6.45, 7) is 7.03. The molecular formula is C15H23NO4. The Morgan fingerprint density at radius 3 is 2.60 bits per heavy atom. The molecule has 1 aromatic rings. The summed E-state index contributed by atoms with van der Waals surface area (Å²) in [5.41, 5.74) is 1.02. The Balaban J connectivity index is 2.64. The van der Waals surface area contributed by atoms with Crippen molar-refractivity contribution in [1.82, 2.24) is 5.32 Å². The van der Waals surface area contributed by atoms with Gasteiger partial charge in [-0.15, -0.1) is 0 Å². The van der Waals surface area contributed by atoms with Gasteiger partial charge < -0.3 is 19.5 Å². The highest BCUT2D eigenvalue weighted by Gasteiger charge is 2.13. The molecule has 0 bridgehead atoms. The summed E-state index contributed by atoms with van der Waals surface area (Å²) in [5, 5.41) is 3.12. The van der Waals surface area contributed by atoms with Gasteiger partial charge in [0.05, 0.1) is 20.3 Å². The summed E-state index contributed by atoms with van der Waals surface area (Å²) in [4.78, 5) is 11.5. The van der Waals surface area contributed by atoms with E-state index in [4.69, 9.17) is 14.2 Å². The third-order valence-corrected chi connectivity index (χ3v) is 2.78. The first kappa shape index (κ1) is 16.3. The van der Waals surface area contributed by atoms with E-state index in [2.05, 4.69) is 5.32 Å². The number of methoxy groups -OCH3 is 1. The third kappa shape index (κ3) is 4.74. The zero-order valence-electron chi connectivity index (χ0n) is 12.6. The van der Waals surface area contributed by atoms with Crippen LogP contribution >= 0.6 is 0 Å². The number of hydrogen-bond acceptors (Lipinski definition) is 5. The molecule has 1 unspecified atom stereocenters. The lowest BCUT2D eigenvalue weighted by atomic mass is 10.2. The molecule has 5 nitrogen and oxygen atoms in total. The lowest BCUT2D eigenvalue weighted by Gasteiger charge is -2.14. The Bertz CT molecular complexity index is 434. The molecular weight excluding hydrogens is 258 g/mol. The monoisotopic (exact) mass is 281 g/mol. The number of nitrogens with one attached hydrogen (secondary N) is 1. The predicted octanol–water partition coefficient (Wildman–Crippen LogP) is 2.14. The molecule has 0 saturated carbocycles. The maximum Gasteiger partial charge on any atom is 0.322 e. The fourth-order valence-corrected chi connectivity index (χ4v) is 1.72. The topological polar surface area (TPSA) is 56.8 Å². The molecule has 0 saturated heterocycles. The molecule has 1 aromatic carbocycles. The first-order valence-corrected chi connectivity index (χ1v) is 6.82. The predicted molar refractivity (Wildman–Crippen MR) is 77.1 cm³/mol. The standard InChI is InChI=1S/C15H23NO4/c1-5-19-14-9-12(7-8-13(14)18-4)10-16-11(3)15(17)20-6-2/h7-9,11,16H,5-6,10H2,1-4H3. The molecule has 0 aliphatic carbocycles.